The van der Waals surface area contributed by atoms with Gasteiger partial charge in [-0.1, -0.05) is 0 Å². The van der Waals surface area contributed by atoms with Gasteiger partial charge >= 0.3 is 0 Å². The summed E-state index contributed by atoms with van der Waals surface area (Å²) in [6, 6.07) is 5.74. The molecule has 0 aromatic heterocycles. The molecule has 0 saturated carbocycles. The van der Waals surface area contributed by atoms with Crippen LogP contribution >= 0.6 is 12.4 Å². The van der Waals surface area contributed by atoms with Crippen molar-refractivity contribution in [1.82, 2.24) is 5.32 Å². The van der Waals surface area contributed by atoms with Crippen LogP contribution in [0.3, 0.4) is 0 Å². The molecule has 2 atom stereocenters. The first-order valence-electron chi connectivity index (χ1n) is 6.47. The number of carbonyl (C=O) groups is 1. The van der Waals surface area contributed by atoms with E-state index in [0.29, 0.717) is 18.8 Å². The van der Waals surface area contributed by atoms with Crippen LogP contribution in [0.15, 0.2) is 24.3 Å². The smallest absolute Gasteiger partial charge is 0.222 e. The topological polar surface area (TPSA) is 73.6 Å². The van der Waals surface area contributed by atoms with Crippen LogP contribution in [-0.4, -0.2) is 38.3 Å². The van der Waals surface area contributed by atoms with Crippen molar-refractivity contribution in [3.8, 4) is 5.75 Å². The predicted molar refractivity (Wildman–Crippen MR) is 81.2 cm³/mol. The van der Waals surface area contributed by atoms with Crippen LogP contribution < -0.4 is 15.8 Å². The van der Waals surface area contributed by atoms with Crippen LogP contribution in [-0.2, 0) is 9.53 Å². The second-order valence-corrected chi connectivity index (χ2v) is 4.48. The Bertz CT molecular complexity index is 413. The van der Waals surface area contributed by atoms with Gasteiger partial charge in [0.1, 0.15) is 17.7 Å². The summed E-state index contributed by atoms with van der Waals surface area (Å²) in [5.41, 5.74) is 5.44. The number of hydrogen-bond donors (Lipinski definition) is 2. The van der Waals surface area contributed by atoms with Gasteiger partial charge in [-0.2, -0.15) is 0 Å². The van der Waals surface area contributed by atoms with Gasteiger partial charge in [-0.15, -0.1) is 12.4 Å². The number of rotatable bonds is 8. The van der Waals surface area contributed by atoms with Crippen molar-refractivity contribution in [2.24, 2.45) is 5.73 Å². The van der Waals surface area contributed by atoms with Gasteiger partial charge in [-0.3, -0.25) is 4.79 Å². The molecule has 1 amide bonds. The zero-order valence-electron chi connectivity index (χ0n) is 12.2. The van der Waals surface area contributed by atoms with E-state index in [9.17, 15) is 9.18 Å². The fourth-order valence-electron chi connectivity index (χ4n) is 1.59. The van der Waals surface area contributed by atoms with E-state index in [1.165, 1.54) is 19.2 Å². The molecule has 0 aliphatic heterocycles. The molecule has 3 N–H and O–H groups in total. The van der Waals surface area contributed by atoms with Crippen molar-refractivity contribution in [2.75, 3.05) is 20.2 Å². The lowest BCUT2D eigenvalue weighted by Gasteiger charge is -2.17. The molecule has 2 unspecified atom stereocenters. The number of methoxy groups -OCH3 is 1. The fraction of sp³-hybridized carbons (Fsp3) is 0.500. The van der Waals surface area contributed by atoms with E-state index in [4.69, 9.17) is 15.2 Å². The fourth-order valence-corrected chi connectivity index (χ4v) is 1.59. The summed E-state index contributed by atoms with van der Waals surface area (Å²) in [5.74, 6) is 0.104. The Morgan fingerprint density at radius 1 is 1.38 bits per heavy atom. The highest BCUT2D eigenvalue weighted by atomic mass is 35.5. The third-order valence-electron chi connectivity index (χ3n) is 2.75. The normalized spacial score (nSPS) is 13.0. The van der Waals surface area contributed by atoms with Crippen LogP contribution in [0, 0.1) is 5.82 Å². The Labute approximate surface area is 130 Å². The molecule has 21 heavy (non-hydrogen) atoms. The van der Waals surface area contributed by atoms with Gasteiger partial charge in [0.15, 0.2) is 0 Å². The van der Waals surface area contributed by atoms with E-state index >= 15 is 0 Å². The predicted octanol–water partition coefficient (Wildman–Crippen LogP) is 1.49. The highest BCUT2D eigenvalue weighted by Gasteiger charge is 2.12. The molecule has 0 aliphatic carbocycles. The van der Waals surface area contributed by atoms with E-state index in [0.717, 1.165) is 0 Å². The van der Waals surface area contributed by atoms with Gasteiger partial charge in [0, 0.05) is 13.7 Å². The van der Waals surface area contributed by atoms with Crippen molar-refractivity contribution >= 4 is 18.3 Å². The minimum atomic E-state index is -0.314. The van der Waals surface area contributed by atoms with Gasteiger partial charge in [0.05, 0.1) is 19.1 Å². The summed E-state index contributed by atoms with van der Waals surface area (Å²) in [7, 11) is 1.52. The van der Waals surface area contributed by atoms with Gasteiger partial charge < -0.3 is 20.5 Å². The Balaban J connectivity index is 0.00000400. The largest absolute Gasteiger partial charge is 0.489 e. The SMILES string of the molecule is COC(CN)CC(=O)NCC(C)Oc1ccc(F)cc1.Cl. The maximum atomic E-state index is 12.7. The Morgan fingerprint density at radius 3 is 2.52 bits per heavy atom. The average molecular weight is 321 g/mol. The first kappa shape index (κ1) is 19.6. The number of nitrogens with two attached hydrogens (primary N) is 1. The van der Waals surface area contributed by atoms with E-state index < -0.39 is 0 Å². The molecule has 0 fully saturated rings. The number of nitrogens with one attached hydrogen (secondary N) is 1. The number of carbonyl (C=O) groups excluding carboxylic acids is 1. The Morgan fingerprint density at radius 2 is 2.00 bits per heavy atom. The summed E-state index contributed by atoms with van der Waals surface area (Å²) >= 11 is 0. The second-order valence-electron chi connectivity index (χ2n) is 4.48. The standard InChI is InChI=1S/C14H21FN2O3.ClH/c1-10(20-12-5-3-11(15)4-6-12)9-17-14(18)7-13(8-16)19-2;/h3-6,10,13H,7-9,16H2,1-2H3,(H,17,18);1H. The Kier molecular flexibility index (Phi) is 9.69. The van der Waals surface area contributed by atoms with E-state index in [1.807, 2.05) is 6.92 Å². The third-order valence-corrected chi connectivity index (χ3v) is 2.75. The van der Waals surface area contributed by atoms with Crippen molar-refractivity contribution < 1.29 is 18.7 Å². The number of hydrogen-bond acceptors (Lipinski definition) is 4. The second kappa shape index (κ2) is 10.4. The van der Waals surface area contributed by atoms with Crippen molar-refractivity contribution in [3.63, 3.8) is 0 Å². The number of halogens is 2. The number of benzene rings is 1. The molecule has 7 heteroatoms. The number of amides is 1. The van der Waals surface area contributed by atoms with E-state index in [-0.39, 0.29) is 42.8 Å². The van der Waals surface area contributed by atoms with E-state index in [2.05, 4.69) is 5.32 Å². The highest BCUT2D eigenvalue weighted by Crippen LogP contribution is 2.12. The molecule has 0 saturated heterocycles. The molecule has 0 spiro atoms. The molecule has 1 aromatic carbocycles. The molecule has 0 heterocycles. The van der Waals surface area contributed by atoms with Crippen molar-refractivity contribution in [3.05, 3.63) is 30.1 Å². The van der Waals surface area contributed by atoms with Crippen LogP contribution in [0.5, 0.6) is 5.75 Å². The van der Waals surface area contributed by atoms with Crippen molar-refractivity contribution in [1.29, 1.82) is 0 Å². The molecule has 5 nitrogen and oxygen atoms in total. The summed E-state index contributed by atoms with van der Waals surface area (Å²) in [4.78, 5) is 11.6. The minimum absolute atomic E-state index is 0. The average Bonchev–Trinajstić information content (AvgIpc) is 2.45. The minimum Gasteiger partial charge on any atom is -0.489 e. The first-order chi connectivity index (χ1) is 9.55. The summed E-state index contributed by atoms with van der Waals surface area (Å²) in [6.07, 6.45) is -0.275. The monoisotopic (exact) mass is 320 g/mol. The van der Waals surface area contributed by atoms with Crippen LogP contribution in [0.4, 0.5) is 4.39 Å². The quantitative estimate of drug-likeness (QED) is 0.761. The summed E-state index contributed by atoms with van der Waals surface area (Å²) in [5, 5.41) is 2.74. The van der Waals surface area contributed by atoms with Crippen LogP contribution in [0.25, 0.3) is 0 Å². The summed E-state index contributed by atoms with van der Waals surface area (Å²) < 4.78 is 23.3. The maximum Gasteiger partial charge on any atom is 0.222 e. The molecule has 0 aliphatic rings. The zero-order chi connectivity index (χ0) is 15.0. The van der Waals surface area contributed by atoms with Crippen LogP contribution in [0.1, 0.15) is 13.3 Å². The third kappa shape index (κ3) is 7.84. The molecule has 1 aromatic rings. The lowest BCUT2D eigenvalue weighted by atomic mass is 10.2. The lowest BCUT2D eigenvalue weighted by Crippen LogP contribution is -2.37. The highest BCUT2D eigenvalue weighted by molar-refractivity contribution is 5.85. The van der Waals surface area contributed by atoms with Gasteiger partial charge in [-0.25, -0.2) is 4.39 Å². The first-order valence-corrected chi connectivity index (χ1v) is 6.47. The number of ether oxygens (including phenoxy) is 2. The molecule has 1 rings (SSSR count). The molecule has 0 bridgehead atoms. The van der Waals surface area contributed by atoms with Gasteiger partial charge in [0.25, 0.3) is 0 Å². The molecule has 120 valence electrons. The molecular weight excluding hydrogens is 299 g/mol. The lowest BCUT2D eigenvalue weighted by molar-refractivity contribution is -0.123. The Hall–Kier alpha value is -1.37. The maximum absolute atomic E-state index is 12.7. The van der Waals surface area contributed by atoms with Crippen LogP contribution in [0.2, 0.25) is 0 Å². The van der Waals surface area contributed by atoms with Gasteiger partial charge in [0.2, 0.25) is 5.91 Å². The van der Waals surface area contributed by atoms with Gasteiger partial charge in [-0.05, 0) is 31.2 Å². The van der Waals surface area contributed by atoms with E-state index in [1.54, 1.807) is 12.1 Å². The molecular formula is C14H22ClFN2O3. The zero-order valence-corrected chi connectivity index (χ0v) is 13.0. The van der Waals surface area contributed by atoms with Crippen molar-refractivity contribution in [2.45, 2.75) is 25.6 Å². The summed E-state index contributed by atoms with van der Waals surface area (Å²) in [6.45, 7) is 2.48. The molecule has 0 radical (unpaired) electrons.